The van der Waals surface area contributed by atoms with Crippen molar-refractivity contribution in [1.29, 1.82) is 0 Å². The van der Waals surface area contributed by atoms with Crippen molar-refractivity contribution in [3.63, 3.8) is 0 Å². The van der Waals surface area contributed by atoms with Gasteiger partial charge in [0.25, 0.3) is 0 Å². The third-order valence-corrected chi connectivity index (χ3v) is 11.6. The van der Waals surface area contributed by atoms with Crippen molar-refractivity contribution in [3.05, 3.63) is 224 Å². The third-order valence-electron chi connectivity index (χ3n) is 11.6. The second kappa shape index (κ2) is 13.7. The smallest absolute Gasteiger partial charge is 0.0540 e. The van der Waals surface area contributed by atoms with Crippen LogP contribution >= 0.6 is 0 Å². The molecule has 0 atom stereocenters. The molecule has 266 valence electrons. The Labute approximate surface area is 332 Å². The molecule has 11 rings (SSSR count). The highest BCUT2D eigenvalue weighted by Gasteiger charge is 2.19. The van der Waals surface area contributed by atoms with Crippen molar-refractivity contribution in [3.8, 4) is 33.4 Å². The van der Waals surface area contributed by atoms with Gasteiger partial charge in [-0.3, -0.25) is 0 Å². The minimum absolute atomic E-state index is 1.10. The summed E-state index contributed by atoms with van der Waals surface area (Å²) in [5, 5.41) is 12.5. The zero-order valence-electron chi connectivity index (χ0n) is 31.3. The Bertz CT molecular complexity index is 3160. The number of benzene rings is 11. The Morgan fingerprint density at radius 3 is 1.21 bits per heavy atom. The molecular formula is C56H37N. The quantitative estimate of drug-likeness (QED) is 0.154. The largest absolute Gasteiger partial charge is 0.310 e. The average Bonchev–Trinajstić information content (AvgIpc) is 3.29. The van der Waals surface area contributed by atoms with Crippen LogP contribution in [0.2, 0.25) is 0 Å². The maximum atomic E-state index is 2.42. The van der Waals surface area contributed by atoms with Crippen LogP contribution < -0.4 is 4.90 Å². The van der Waals surface area contributed by atoms with E-state index in [1.165, 1.54) is 87.2 Å². The van der Waals surface area contributed by atoms with E-state index in [1.54, 1.807) is 0 Å². The lowest BCUT2D eigenvalue weighted by molar-refractivity contribution is 1.30. The van der Waals surface area contributed by atoms with Crippen molar-refractivity contribution in [2.45, 2.75) is 0 Å². The molecule has 11 aromatic carbocycles. The number of fused-ring (bicyclic) bond motifs is 6. The maximum Gasteiger partial charge on any atom is 0.0540 e. The van der Waals surface area contributed by atoms with E-state index in [2.05, 4.69) is 229 Å². The van der Waals surface area contributed by atoms with Gasteiger partial charge in [-0.1, -0.05) is 176 Å². The molecule has 0 unspecified atom stereocenters. The number of hydrogen-bond donors (Lipinski definition) is 0. The van der Waals surface area contributed by atoms with E-state index in [1.807, 2.05) is 0 Å². The Kier molecular flexibility index (Phi) is 7.89. The molecule has 57 heavy (non-hydrogen) atoms. The highest BCUT2D eigenvalue weighted by molar-refractivity contribution is 6.17. The number of anilines is 3. The molecule has 0 amide bonds. The SMILES string of the molecule is c1ccc2cc(-c3ccc(N(c4ccc(-c5ccc6ccccc6c5)cc4)c4ccc(-c5cc6ccccc6c6ccccc56)c5ccccc45)cc3)ccc2c1. The summed E-state index contributed by atoms with van der Waals surface area (Å²) in [6.45, 7) is 0. The van der Waals surface area contributed by atoms with Crippen molar-refractivity contribution in [1.82, 2.24) is 0 Å². The van der Waals surface area contributed by atoms with Gasteiger partial charge >= 0.3 is 0 Å². The average molecular weight is 724 g/mol. The highest BCUT2D eigenvalue weighted by Crippen LogP contribution is 2.45. The van der Waals surface area contributed by atoms with Gasteiger partial charge in [0.2, 0.25) is 0 Å². The summed E-state index contributed by atoms with van der Waals surface area (Å²) in [7, 11) is 0. The van der Waals surface area contributed by atoms with Crippen LogP contribution in [0.15, 0.2) is 224 Å². The first-order valence-corrected chi connectivity index (χ1v) is 19.7. The molecule has 0 saturated carbocycles. The summed E-state index contributed by atoms with van der Waals surface area (Å²) >= 11 is 0. The summed E-state index contributed by atoms with van der Waals surface area (Å²) in [5.41, 5.74) is 10.6. The first-order chi connectivity index (χ1) is 28.2. The summed E-state index contributed by atoms with van der Waals surface area (Å²) in [5.74, 6) is 0. The lowest BCUT2D eigenvalue weighted by Crippen LogP contribution is -2.10. The fourth-order valence-electron chi connectivity index (χ4n) is 8.76. The molecule has 0 aromatic heterocycles. The van der Waals surface area contributed by atoms with Gasteiger partial charge in [0.1, 0.15) is 0 Å². The molecule has 0 saturated heterocycles. The van der Waals surface area contributed by atoms with Crippen LogP contribution in [0.3, 0.4) is 0 Å². The second-order valence-corrected chi connectivity index (χ2v) is 14.9. The Morgan fingerprint density at radius 1 is 0.228 bits per heavy atom. The molecule has 0 bridgehead atoms. The first-order valence-electron chi connectivity index (χ1n) is 19.7. The predicted octanol–water partition coefficient (Wildman–Crippen LogP) is 15.9. The van der Waals surface area contributed by atoms with Gasteiger partial charge in [-0.15, -0.1) is 0 Å². The summed E-state index contributed by atoms with van der Waals surface area (Å²) < 4.78 is 0. The Morgan fingerprint density at radius 2 is 0.649 bits per heavy atom. The van der Waals surface area contributed by atoms with Crippen LogP contribution in [-0.2, 0) is 0 Å². The van der Waals surface area contributed by atoms with E-state index in [0.29, 0.717) is 0 Å². The van der Waals surface area contributed by atoms with Crippen LogP contribution in [0.1, 0.15) is 0 Å². The molecule has 0 radical (unpaired) electrons. The summed E-state index contributed by atoms with van der Waals surface area (Å²) in [6.07, 6.45) is 0. The van der Waals surface area contributed by atoms with Crippen LogP contribution in [0.5, 0.6) is 0 Å². The van der Waals surface area contributed by atoms with Crippen LogP contribution in [0.4, 0.5) is 17.1 Å². The topological polar surface area (TPSA) is 3.24 Å². The normalized spacial score (nSPS) is 11.5. The molecule has 0 N–H and O–H groups in total. The fourth-order valence-corrected chi connectivity index (χ4v) is 8.76. The van der Waals surface area contributed by atoms with Crippen molar-refractivity contribution in [2.24, 2.45) is 0 Å². The summed E-state index contributed by atoms with van der Waals surface area (Å²) in [4.78, 5) is 2.42. The standard InChI is InChI=1S/C56H37N/c1-3-13-42-35-44(23-21-38(42)11-1)40-25-29-47(30-26-40)57(48-31-27-41(28-32-48)45-24-22-39-12-2-4-14-43(39)36-45)56-34-33-53(51-18-9-10-20-54(51)56)55-37-46-15-5-6-16-49(46)50-17-7-8-19-52(50)55/h1-37H. The Balaban J connectivity index is 1.07. The van der Waals surface area contributed by atoms with E-state index in [4.69, 9.17) is 0 Å². The van der Waals surface area contributed by atoms with Crippen LogP contribution in [0.25, 0.3) is 87.2 Å². The molecule has 1 heteroatoms. The molecule has 0 spiro atoms. The molecule has 1 nitrogen and oxygen atoms in total. The van der Waals surface area contributed by atoms with E-state index >= 15 is 0 Å². The monoisotopic (exact) mass is 723 g/mol. The zero-order chi connectivity index (χ0) is 37.7. The highest BCUT2D eigenvalue weighted by atomic mass is 15.1. The lowest BCUT2D eigenvalue weighted by atomic mass is 9.90. The van der Waals surface area contributed by atoms with Crippen molar-refractivity contribution < 1.29 is 0 Å². The fraction of sp³-hybridized carbons (Fsp3) is 0. The van der Waals surface area contributed by atoms with Gasteiger partial charge in [-0.05, 0) is 130 Å². The van der Waals surface area contributed by atoms with Gasteiger partial charge in [-0.25, -0.2) is 0 Å². The van der Waals surface area contributed by atoms with Gasteiger partial charge in [-0.2, -0.15) is 0 Å². The Hall–Kier alpha value is -7.48. The van der Waals surface area contributed by atoms with Crippen molar-refractivity contribution >= 4 is 70.9 Å². The van der Waals surface area contributed by atoms with E-state index < -0.39 is 0 Å². The molecular weight excluding hydrogens is 687 g/mol. The molecule has 0 aliphatic carbocycles. The van der Waals surface area contributed by atoms with Crippen LogP contribution in [0, 0.1) is 0 Å². The predicted molar refractivity (Wildman–Crippen MR) is 245 cm³/mol. The van der Waals surface area contributed by atoms with E-state index in [9.17, 15) is 0 Å². The van der Waals surface area contributed by atoms with Crippen molar-refractivity contribution in [2.75, 3.05) is 4.90 Å². The van der Waals surface area contributed by atoms with E-state index in [0.717, 1.165) is 17.1 Å². The van der Waals surface area contributed by atoms with Gasteiger partial charge < -0.3 is 4.90 Å². The molecule has 0 aliphatic rings. The van der Waals surface area contributed by atoms with Gasteiger partial charge in [0.05, 0.1) is 5.69 Å². The molecule has 0 aliphatic heterocycles. The minimum atomic E-state index is 1.10. The zero-order valence-corrected chi connectivity index (χ0v) is 31.3. The number of rotatable bonds is 6. The first kappa shape index (κ1) is 32.9. The van der Waals surface area contributed by atoms with Gasteiger partial charge in [0.15, 0.2) is 0 Å². The minimum Gasteiger partial charge on any atom is -0.310 e. The van der Waals surface area contributed by atoms with Crippen LogP contribution in [-0.4, -0.2) is 0 Å². The summed E-state index contributed by atoms with van der Waals surface area (Å²) in [6, 6.07) is 82.1. The molecule has 11 aromatic rings. The number of hydrogen-bond acceptors (Lipinski definition) is 1. The second-order valence-electron chi connectivity index (χ2n) is 14.9. The van der Waals surface area contributed by atoms with Gasteiger partial charge in [0, 0.05) is 16.8 Å². The molecule has 0 fully saturated rings. The lowest BCUT2D eigenvalue weighted by Gasteiger charge is -2.28. The number of nitrogens with zero attached hydrogens (tertiary/aromatic N) is 1. The third kappa shape index (κ3) is 5.80. The molecule has 0 heterocycles. The van der Waals surface area contributed by atoms with E-state index in [-0.39, 0.29) is 0 Å². The maximum absolute atomic E-state index is 2.42.